The lowest BCUT2D eigenvalue weighted by atomic mass is 10.1. The first kappa shape index (κ1) is 15.7. The average molecular weight is 262 g/mol. The van der Waals surface area contributed by atoms with E-state index >= 15 is 0 Å². The third kappa shape index (κ3) is 5.03. The lowest BCUT2D eigenvalue weighted by Gasteiger charge is -2.25. The number of nitrogens with zero attached hydrogens (tertiary/aromatic N) is 1. The maximum atomic E-state index is 12.5. The summed E-state index contributed by atoms with van der Waals surface area (Å²) in [7, 11) is 0. The van der Waals surface area contributed by atoms with Gasteiger partial charge in [-0.3, -0.25) is 4.79 Å². The zero-order chi connectivity index (χ0) is 14.1. The van der Waals surface area contributed by atoms with Crippen LogP contribution in [0.1, 0.15) is 51.1 Å². The lowest BCUT2D eigenvalue weighted by Crippen LogP contribution is -2.39. The molecule has 0 aliphatic heterocycles. The summed E-state index contributed by atoms with van der Waals surface area (Å²) in [5.74, 6) is 0.0492. The molecule has 1 atom stereocenters. The van der Waals surface area contributed by atoms with Crippen LogP contribution in [0.5, 0.6) is 0 Å². The smallest absolute Gasteiger partial charge is 0.244 e. The Labute approximate surface area is 116 Å². The molecule has 0 saturated heterocycles. The fraction of sp³-hybridized carbons (Fsp3) is 0.562. The average Bonchev–Trinajstić information content (AvgIpc) is 2.47. The van der Waals surface area contributed by atoms with Crippen LogP contribution in [0.3, 0.4) is 0 Å². The standard InChI is InChI=1S/C16H26N2O/c1-3-5-12-18(13-6-4-2)16(19)15(17)14-10-8-7-9-11-14/h7-11,15H,3-6,12-13,17H2,1-2H3/t15-/m1/s1. The van der Waals surface area contributed by atoms with E-state index < -0.39 is 6.04 Å². The van der Waals surface area contributed by atoms with E-state index in [1.165, 1.54) is 0 Å². The molecule has 106 valence electrons. The van der Waals surface area contributed by atoms with Crippen LogP contribution in [0.25, 0.3) is 0 Å². The van der Waals surface area contributed by atoms with Gasteiger partial charge >= 0.3 is 0 Å². The Bertz CT molecular complexity index is 356. The van der Waals surface area contributed by atoms with Crippen LogP contribution in [0.4, 0.5) is 0 Å². The molecule has 3 nitrogen and oxygen atoms in total. The van der Waals surface area contributed by atoms with Gasteiger partial charge in [0.2, 0.25) is 5.91 Å². The summed E-state index contributed by atoms with van der Waals surface area (Å²) in [6.07, 6.45) is 4.26. The van der Waals surface area contributed by atoms with Crippen molar-refractivity contribution in [3.63, 3.8) is 0 Å². The molecule has 3 heteroatoms. The molecule has 0 heterocycles. The number of carbonyl (C=O) groups excluding carboxylic acids is 1. The number of carbonyl (C=O) groups is 1. The molecule has 0 aliphatic rings. The SMILES string of the molecule is CCCCN(CCCC)C(=O)[C@H](N)c1ccccc1. The zero-order valence-electron chi connectivity index (χ0n) is 12.1. The molecule has 1 aromatic carbocycles. The molecule has 0 aliphatic carbocycles. The maximum absolute atomic E-state index is 12.5. The number of nitrogens with two attached hydrogens (primary N) is 1. The maximum Gasteiger partial charge on any atom is 0.244 e. The highest BCUT2D eigenvalue weighted by Crippen LogP contribution is 2.14. The monoisotopic (exact) mass is 262 g/mol. The molecule has 0 saturated carbocycles. The number of unbranched alkanes of at least 4 members (excludes halogenated alkanes) is 2. The van der Waals surface area contributed by atoms with Crippen molar-refractivity contribution in [1.82, 2.24) is 4.90 Å². The molecule has 0 unspecified atom stereocenters. The highest BCUT2D eigenvalue weighted by atomic mass is 16.2. The summed E-state index contributed by atoms with van der Waals surface area (Å²) in [4.78, 5) is 14.4. The van der Waals surface area contributed by atoms with E-state index in [0.29, 0.717) is 0 Å². The molecule has 1 aromatic rings. The molecule has 0 radical (unpaired) electrons. The quantitative estimate of drug-likeness (QED) is 0.782. The van der Waals surface area contributed by atoms with Gasteiger partial charge in [-0.25, -0.2) is 0 Å². The van der Waals surface area contributed by atoms with Crippen LogP contribution < -0.4 is 5.73 Å². The van der Waals surface area contributed by atoms with Crippen molar-refractivity contribution in [3.05, 3.63) is 35.9 Å². The summed E-state index contributed by atoms with van der Waals surface area (Å²) >= 11 is 0. The van der Waals surface area contributed by atoms with E-state index in [-0.39, 0.29) is 5.91 Å². The van der Waals surface area contributed by atoms with Gasteiger partial charge in [0.05, 0.1) is 0 Å². The Balaban J connectivity index is 2.68. The van der Waals surface area contributed by atoms with Crippen molar-refractivity contribution in [2.24, 2.45) is 5.73 Å². The van der Waals surface area contributed by atoms with Crippen molar-refractivity contribution < 1.29 is 4.79 Å². The first-order valence-electron chi connectivity index (χ1n) is 7.30. The largest absolute Gasteiger partial charge is 0.341 e. The predicted molar refractivity (Wildman–Crippen MR) is 79.8 cm³/mol. The molecule has 0 bridgehead atoms. The van der Waals surface area contributed by atoms with E-state index in [4.69, 9.17) is 5.73 Å². The summed E-state index contributed by atoms with van der Waals surface area (Å²) < 4.78 is 0. The fourth-order valence-corrected chi connectivity index (χ4v) is 2.03. The van der Waals surface area contributed by atoms with Gasteiger partial charge in [0.15, 0.2) is 0 Å². The fourth-order valence-electron chi connectivity index (χ4n) is 2.03. The Morgan fingerprint density at radius 1 is 1.11 bits per heavy atom. The molecule has 0 spiro atoms. The topological polar surface area (TPSA) is 46.3 Å². The number of hydrogen-bond donors (Lipinski definition) is 1. The minimum absolute atomic E-state index is 0.0492. The molecular weight excluding hydrogens is 236 g/mol. The third-order valence-electron chi connectivity index (χ3n) is 3.30. The normalized spacial score (nSPS) is 12.2. The van der Waals surface area contributed by atoms with Gasteiger partial charge in [-0.15, -0.1) is 0 Å². The number of rotatable bonds is 8. The van der Waals surface area contributed by atoms with Gasteiger partial charge in [-0.2, -0.15) is 0 Å². The van der Waals surface area contributed by atoms with Gasteiger partial charge in [0, 0.05) is 13.1 Å². The van der Waals surface area contributed by atoms with Crippen LogP contribution in [-0.4, -0.2) is 23.9 Å². The Morgan fingerprint density at radius 2 is 1.63 bits per heavy atom. The van der Waals surface area contributed by atoms with Gasteiger partial charge in [-0.05, 0) is 18.4 Å². The minimum atomic E-state index is -0.532. The van der Waals surface area contributed by atoms with E-state index in [9.17, 15) is 4.79 Å². The Hall–Kier alpha value is -1.35. The highest BCUT2D eigenvalue weighted by molar-refractivity contribution is 5.83. The van der Waals surface area contributed by atoms with Crippen molar-refractivity contribution in [3.8, 4) is 0 Å². The first-order valence-corrected chi connectivity index (χ1v) is 7.30. The van der Waals surface area contributed by atoms with Gasteiger partial charge < -0.3 is 10.6 Å². The molecule has 2 N–H and O–H groups in total. The third-order valence-corrected chi connectivity index (χ3v) is 3.30. The van der Waals surface area contributed by atoms with Crippen molar-refractivity contribution in [1.29, 1.82) is 0 Å². The van der Waals surface area contributed by atoms with Gasteiger partial charge in [0.25, 0.3) is 0 Å². The van der Waals surface area contributed by atoms with Crippen LogP contribution in [0.2, 0.25) is 0 Å². The highest BCUT2D eigenvalue weighted by Gasteiger charge is 2.21. The van der Waals surface area contributed by atoms with Crippen molar-refractivity contribution >= 4 is 5.91 Å². The predicted octanol–water partition coefficient (Wildman–Crippen LogP) is 3.12. The zero-order valence-corrected chi connectivity index (χ0v) is 12.1. The van der Waals surface area contributed by atoms with E-state index in [0.717, 1.165) is 44.3 Å². The summed E-state index contributed by atoms with van der Waals surface area (Å²) in [6, 6.07) is 9.08. The van der Waals surface area contributed by atoms with Gasteiger partial charge in [-0.1, -0.05) is 57.0 Å². The summed E-state index contributed by atoms with van der Waals surface area (Å²) in [5.41, 5.74) is 6.99. The second-order valence-electron chi connectivity index (χ2n) is 4.92. The molecule has 1 amide bonds. The van der Waals surface area contributed by atoms with E-state index in [2.05, 4.69) is 13.8 Å². The first-order chi connectivity index (χ1) is 9.20. The Morgan fingerprint density at radius 3 is 2.11 bits per heavy atom. The second-order valence-corrected chi connectivity index (χ2v) is 4.92. The van der Waals surface area contributed by atoms with Crippen molar-refractivity contribution in [2.75, 3.05) is 13.1 Å². The van der Waals surface area contributed by atoms with Crippen LogP contribution >= 0.6 is 0 Å². The minimum Gasteiger partial charge on any atom is -0.341 e. The molecule has 0 fully saturated rings. The van der Waals surface area contributed by atoms with E-state index in [1.807, 2.05) is 35.2 Å². The molecule has 19 heavy (non-hydrogen) atoms. The van der Waals surface area contributed by atoms with Crippen molar-refractivity contribution in [2.45, 2.75) is 45.6 Å². The number of amides is 1. The number of hydrogen-bond acceptors (Lipinski definition) is 2. The second kappa shape index (κ2) is 8.70. The van der Waals surface area contributed by atoms with Crippen LogP contribution in [-0.2, 0) is 4.79 Å². The molecular formula is C16H26N2O. The number of benzene rings is 1. The van der Waals surface area contributed by atoms with Gasteiger partial charge in [0.1, 0.15) is 6.04 Å². The summed E-state index contributed by atoms with van der Waals surface area (Å²) in [6.45, 7) is 5.91. The van der Waals surface area contributed by atoms with E-state index in [1.54, 1.807) is 0 Å². The van der Waals surface area contributed by atoms with Crippen LogP contribution in [0.15, 0.2) is 30.3 Å². The Kier molecular flexibility index (Phi) is 7.19. The summed E-state index contributed by atoms with van der Waals surface area (Å²) in [5, 5.41) is 0. The molecule has 1 rings (SSSR count). The lowest BCUT2D eigenvalue weighted by molar-refractivity contribution is -0.132. The molecule has 0 aromatic heterocycles. The van der Waals surface area contributed by atoms with Crippen LogP contribution in [0, 0.1) is 0 Å².